The zero-order valence-corrected chi connectivity index (χ0v) is 11.6. The molecule has 0 fully saturated rings. The van der Waals surface area contributed by atoms with Crippen molar-refractivity contribution in [1.82, 2.24) is 4.90 Å². The molecule has 2 aromatic rings. The Bertz CT molecular complexity index is 711. The summed E-state index contributed by atoms with van der Waals surface area (Å²) in [5.74, 6) is -0.265. The maximum absolute atomic E-state index is 13.1. The van der Waals surface area contributed by atoms with E-state index in [0.717, 1.165) is 30.8 Å². The lowest BCUT2D eigenvalue weighted by Crippen LogP contribution is -2.29. The van der Waals surface area contributed by atoms with Crippen LogP contribution in [-0.4, -0.2) is 11.4 Å². The van der Waals surface area contributed by atoms with Crippen LogP contribution in [0.5, 0.6) is 0 Å². The van der Waals surface area contributed by atoms with E-state index in [9.17, 15) is 4.39 Å². The number of nitrogens with zero attached hydrogens (tertiary/aromatic N) is 2. The average molecular weight is 278 g/mol. The van der Waals surface area contributed by atoms with Gasteiger partial charge >= 0.3 is 0 Å². The van der Waals surface area contributed by atoms with Crippen molar-refractivity contribution < 1.29 is 4.39 Å². The van der Waals surface area contributed by atoms with Crippen LogP contribution in [0.15, 0.2) is 54.6 Å². The Balaban J connectivity index is 1.92. The molecule has 0 bridgehead atoms. The standard InChI is InChI=1S/C18H15FN2/c19-17-7-5-15(6-8-17)18(9-11-20)21-12-10-14-3-1-2-4-16(14)13-21/h1-9H,10,12-13H2. The summed E-state index contributed by atoms with van der Waals surface area (Å²) in [6, 6.07) is 16.8. The maximum Gasteiger partial charge on any atom is 0.123 e. The smallest absolute Gasteiger partial charge is 0.123 e. The molecular formula is C18H15FN2. The molecule has 1 aliphatic rings. The van der Waals surface area contributed by atoms with E-state index in [2.05, 4.69) is 29.2 Å². The zero-order valence-electron chi connectivity index (χ0n) is 11.6. The molecule has 2 aromatic carbocycles. The number of hydrogen-bond donors (Lipinski definition) is 0. The van der Waals surface area contributed by atoms with Crippen LogP contribution in [0.2, 0.25) is 0 Å². The van der Waals surface area contributed by atoms with Crippen molar-refractivity contribution in [2.24, 2.45) is 0 Å². The largest absolute Gasteiger partial charge is 0.366 e. The predicted molar refractivity (Wildman–Crippen MR) is 80.5 cm³/mol. The van der Waals surface area contributed by atoms with E-state index >= 15 is 0 Å². The Morgan fingerprint density at radius 2 is 1.81 bits per heavy atom. The first-order valence-corrected chi connectivity index (χ1v) is 6.95. The molecular weight excluding hydrogens is 263 g/mol. The molecule has 3 rings (SSSR count). The Hall–Kier alpha value is -2.60. The van der Waals surface area contributed by atoms with Gasteiger partial charge < -0.3 is 4.90 Å². The van der Waals surface area contributed by atoms with Gasteiger partial charge in [0.05, 0.1) is 11.8 Å². The minimum Gasteiger partial charge on any atom is -0.366 e. The number of allylic oxidation sites excluding steroid dienone is 1. The maximum atomic E-state index is 13.1. The third kappa shape index (κ3) is 2.80. The first-order valence-electron chi connectivity index (χ1n) is 6.95. The van der Waals surface area contributed by atoms with Crippen LogP contribution in [0.3, 0.4) is 0 Å². The molecule has 0 atom stereocenters. The van der Waals surface area contributed by atoms with Gasteiger partial charge in [0.15, 0.2) is 0 Å². The zero-order chi connectivity index (χ0) is 14.7. The second-order valence-electron chi connectivity index (χ2n) is 5.11. The topological polar surface area (TPSA) is 27.0 Å². The summed E-state index contributed by atoms with van der Waals surface area (Å²) in [4.78, 5) is 2.18. The SMILES string of the molecule is N#CC=C(c1ccc(F)cc1)N1CCc2ccccc2C1. The van der Waals surface area contributed by atoms with Crippen LogP contribution in [0.1, 0.15) is 16.7 Å². The van der Waals surface area contributed by atoms with Crippen molar-refractivity contribution in [3.63, 3.8) is 0 Å². The van der Waals surface area contributed by atoms with Crippen LogP contribution in [0.4, 0.5) is 4.39 Å². The van der Waals surface area contributed by atoms with Gasteiger partial charge in [0, 0.05) is 19.2 Å². The Morgan fingerprint density at radius 3 is 2.52 bits per heavy atom. The first-order chi connectivity index (χ1) is 10.3. The van der Waals surface area contributed by atoms with E-state index in [4.69, 9.17) is 5.26 Å². The summed E-state index contributed by atoms with van der Waals surface area (Å²) < 4.78 is 13.1. The molecule has 3 heteroatoms. The average Bonchev–Trinajstić information content (AvgIpc) is 2.53. The molecule has 0 radical (unpaired) electrons. The summed E-state index contributed by atoms with van der Waals surface area (Å²) in [5.41, 5.74) is 4.38. The second-order valence-corrected chi connectivity index (χ2v) is 5.11. The van der Waals surface area contributed by atoms with Gasteiger partial charge in [-0.15, -0.1) is 0 Å². The number of hydrogen-bond acceptors (Lipinski definition) is 2. The van der Waals surface area contributed by atoms with Crippen molar-refractivity contribution in [1.29, 1.82) is 5.26 Å². The van der Waals surface area contributed by atoms with E-state index < -0.39 is 0 Å². The summed E-state index contributed by atoms with van der Waals surface area (Å²) in [6.07, 6.45) is 2.50. The molecule has 0 saturated heterocycles. The molecule has 104 valence electrons. The van der Waals surface area contributed by atoms with E-state index in [1.165, 1.54) is 23.3 Å². The fraction of sp³-hybridized carbons (Fsp3) is 0.167. The van der Waals surface area contributed by atoms with Crippen LogP contribution < -0.4 is 0 Å². The number of halogens is 1. The lowest BCUT2D eigenvalue weighted by molar-refractivity contribution is 0.373. The molecule has 1 heterocycles. The normalized spacial score (nSPS) is 14.5. The predicted octanol–water partition coefficient (Wildman–Crippen LogP) is 3.75. The highest BCUT2D eigenvalue weighted by atomic mass is 19.1. The van der Waals surface area contributed by atoms with Gasteiger partial charge in [-0.1, -0.05) is 24.3 Å². The van der Waals surface area contributed by atoms with Gasteiger partial charge in [-0.25, -0.2) is 4.39 Å². The Kier molecular flexibility index (Phi) is 3.70. The van der Waals surface area contributed by atoms with Crippen molar-refractivity contribution in [2.75, 3.05) is 6.54 Å². The van der Waals surface area contributed by atoms with Crippen LogP contribution in [-0.2, 0) is 13.0 Å². The molecule has 0 aromatic heterocycles. The van der Waals surface area contributed by atoms with Gasteiger partial charge in [0.25, 0.3) is 0 Å². The van der Waals surface area contributed by atoms with Crippen molar-refractivity contribution in [3.8, 4) is 6.07 Å². The summed E-state index contributed by atoms with van der Waals surface area (Å²) in [5, 5.41) is 9.05. The second kappa shape index (κ2) is 5.80. The van der Waals surface area contributed by atoms with E-state index in [1.54, 1.807) is 18.2 Å². The first kappa shape index (κ1) is 13.4. The minimum atomic E-state index is -0.265. The van der Waals surface area contributed by atoms with E-state index in [-0.39, 0.29) is 5.82 Å². The van der Waals surface area contributed by atoms with Crippen molar-refractivity contribution in [3.05, 3.63) is 77.1 Å². The highest BCUT2D eigenvalue weighted by Crippen LogP contribution is 2.27. The molecule has 1 aliphatic heterocycles. The van der Waals surface area contributed by atoms with Crippen LogP contribution in [0.25, 0.3) is 5.70 Å². The van der Waals surface area contributed by atoms with Crippen LogP contribution in [0, 0.1) is 17.1 Å². The third-order valence-corrected chi connectivity index (χ3v) is 3.81. The third-order valence-electron chi connectivity index (χ3n) is 3.81. The minimum absolute atomic E-state index is 0.265. The lowest BCUT2D eigenvalue weighted by atomic mass is 9.98. The fourth-order valence-electron chi connectivity index (χ4n) is 2.74. The number of benzene rings is 2. The fourth-order valence-corrected chi connectivity index (χ4v) is 2.74. The van der Waals surface area contributed by atoms with E-state index in [1.807, 2.05) is 6.07 Å². The number of rotatable bonds is 2. The molecule has 0 unspecified atom stereocenters. The lowest BCUT2D eigenvalue weighted by Gasteiger charge is -2.32. The highest BCUT2D eigenvalue weighted by Gasteiger charge is 2.18. The van der Waals surface area contributed by atoms with Gasteiger partial charge in [0.2, 0.25) is 0 Å². The molecule has 0 aliphatic carbocycles. The Morgan fingerprint density at radius 1 is 1.10 bits per heavy atom. The molecule has 0 saturated carbocycles. The van der Waals surface area contributed by atoms with Gasteiger partial charge in [-0.2, -0.15) is 5.26 Å². The monoisotopic (exact) mass is 278 g/mol. The summed E-state index contributed by atoms with van der Waals surface area (Å²) >= 11 is 0. The molecule has 0 amide bonds. The molecule has 2 nitrogen and oxygen atoms in total. The number of nitriles is 1. The Labute approximate surface area is 123 Å². The van der Waals surface area contributed by atoms with Gasteiger partial charge in [0.1, 0.15) is 5.82 Å². The molecule has 21 heavy (non-hydrogen) atoms. The van der Waals surface area contributed by atoms with Crippen LogP contribution >= 0.6 is 0 Å². The van der Waals surface area contributed by atoms with E-state index in [0.29, 0.717) is 0 Å². The summed E-state index contributed by atoms with van der Waals surface area (Å²) in [6.45, 7) is 1.64. The van der Waals surface area contributed by atoms with Crippen molar-refractivity contribution >= 4 is 5.70 Å². The highest BCUT2D eigenvalue weighted by molar-refractivity contribution is 5.66. The summed E-state index contributed by atoms with van der Waals surface area (Å²) in [7, 11) is 0. The van der Waals surface area contributed by atoms with Crippen molar-refractivity contribution in [2.45, 2.75) is 13.0 Å². The molecule has 0 N–H and O–H groups in total. The van der Waals surface area contributed by atoms with Gasteiger partial charge in [-0.05, 0) is 47.4 Å². The number of fused-ring (bicyclic) bond motifs is 1. The van der Waals surface area contributed by atoms with Gasteiger partial charge in [-0.3, -0.25) is 0 Å². The molecule has 0 spiro atoms. The quantitative estimate of drug-likeness (QED) is 0.782.